The summed E-state index contributed by atoms with van der Waals surface area (Å²) < 4.78 is 1.39. The van der Waals surface area contributed by atoms with Gasteiger partial charge in [0.25, 0.3) is 5.56 Å². The van der Waals surface area contributed by atoms with Gasteiger partial charge in [-0.15, -0.1) is 0 Å². The largest absolute Gasteiger partial charge is 0.350 e. The second-order valence-corrected chi connectivity index (χ2v) is 6.19. The molecule has 0 unspecified atom stereocenters. The van der Waals surface area contributed by atoms with E-state index in [-0.39, 0.29) is 24.6 Å². The maximum atomic E-state index is 12.4. The lowest BCUT2D eigenvalue weighted by Gasteiger charge is -2.09. The molecule has 2 aromatic carbocycles. The Morgan fingerprint density at radius 1 is 1.08 bits per heavy atom. The minimum absolute atomic E-state index is 0.0467. The zero-order chi connectivity index (χ0) is 17.1. The van der Waals surface area contributed by atoms with Crippen molar-refractivity contribution in [3.63, 3.8) is 0 Å². The van der Waals surface area contributed by atoms with Crippen molar-refractivity contribution in [1.82, 2.24) is 9.88 Å². The predicted molar refractivity (Wildman–Crippen MR) is 96.5 cm³/mol. The highest BCUT2D eigenvalue weighted by molar-refractivity contribution is 6.35. The van der Waals surface area contributed by atoms with Gasteiger partial charge in [0.15, 0.2) is 0 Å². The summed E-state index contributed by atoms with van der Waals surface area (Å²) in [5.74, 6) is -0.265. The van der Waals surface area contributed by atoms with Crippen molar-refractivity contribution in [2.24, 2.45) is 0 Å². The molecule has 1 N–H and O–H groups in total. The molecule has 0 fully saturated rings. The van der Waals surface area contributed by atoms with E-state index in [0.29, 0.717) is 15.4 Å². The van der Waals surface area contributed by atoms with Gasteiger partial charge in [0, 0.05) is 28.2 Å². The first-order chi connectivity index (χ1) is 11.5. The normalized spacial score (nSPS) is 10.8. The molecule has 0 saturated carbocycles. The van der Waals surface area contributed by atoms with Crippen LogP contribution in [-0.2, 0) is 17.9 Å². The molecule has 0 spiro atoms. The number of carbonyl (C=O) groups is 1. The molecule has 6 heteroatoms. The average molecular weight is 361 g/mol. The van der Waals surface area contributed by atoms with Crippen LogP contribution in [0.2, 0.25) is 10.0 Å². The predicted octanol–water partition coefficient (Wildman–Crippen LogP) is 3.62. The summed E-state index contributed by atoms with van der Waals surface area (Å²) >= 11 is 11.9. The summed E-state index contributed by atoms with van der Waals surface area (Å²) in [5.41, 5.74) is 0.577. The number of hydrogen-bond donors (Lipinski definition) is 1. The molecule has 0 radical (unpaired) electrons. The van der Waals surface area contributed by atoms with Crippen LogP contribution < -0.4 is 10.9 Å². The molecule has 0 saturated heterocycles. The first-order valence-corrected chi connectivity index (χ1v) is 8.09. The van der Waals surface area contributed by atoms with Crippen molar-refractivity contribution >= 4 is 39.9 Å². The number of amides is 1. The van der Waals surface area contributed by atoms with E-state index < -0.39 is 0 Å². The van der Waals surface area contributed by atoms with Crippen LogP contribution >= 0.6 is 23.2 Å². The van der Waals surface area contributed by atoms with Crippen LogP contribution in [0, 0.1) is 0 Å². The van der Waals surface area contributed by atoms with Crippen LogP contribution in [0.25, 0.3) is 10.8 Å². The maximum Gasteiger partial charge on any atom is 0.258 e. The molecule has 3 aromatic rings. The topological polar surface area (TPSA) is 51.1 Å². The van der Waals surface area contributed by atoms with Crippen molar-refractivity contribution in [1.29, 1.82) is 0 Å². The molecule has 0 bridgehead atoms. The molecule has 1 aromatic heterocycles. The zero-order valence-electron chi connectivity index (χ0n) is 12.6. The Kier molecular flexibility index (Phi) is 4.88. The molecule has 0 aliphatic rings. The van der Waals surface area contributed by atoms with Crippen LogP contribution in [0.1, 0.15) is 5.56 Å². The fraction of sp³-hybridized carbons (Fsp3) is 0.111. The van der Waals surface area contributed by atoms with E-state index in [9.17, 15) is 9.59 Å². The molecule has 1 heterocycles. The minimum Gasteiger partial charge on any atom is -0.350 e. The Hall–Kier alpha value is -2.30. The van der Waals surface area contributed by atoms with Gasteiger partial charge < -0.3 is 9.88 Å². The third-order valence-electron chi connectivity index (χ3n) is 3.69. The van der Waals surface area contributed by atoms with E-state index in [1.807, 2.05) is 18.2 Å². The van der Waals surface area contributed by atoms with Crippen LogP contribution in [0.15, 0.2) is 59.5 Å². The fourth-order valence-electron chi connectivity index (χ4n) is 2.42. The first kappa shape index (κ1) is 16.6. The highest BCUT2D eigenvalue weighted by Crippen LogP contribution is 2.20. The number of halogens is 2. The molecule has 24 heavy (non-hydrogen) atoms. The molecule has 0 atom stereocenters. The molecule has 4 nitrogen and oxygen atoms in total. The number of nitrogens with one attached hydrogen (secondary N) is 1. The minimum atomic E-state index is -0.265. The quantitative estimate of drug-likeness (QED) is 0.772. The lowest BCUT2D eigenvalue weighted by molar-refractivity contribution is -0.121. The van der Waals surface area contributed by atoms with Crippen molar-refractivity contribution in [2.45, 2.75) is 13.1 Å². The lowest BCUT2D eigenvalue weighted by Crippen LogP contribution is -2.31. The molecule has 0 aliphatic heterocycles. The third-order valence-corrected chi connectivity index (χ3v) is 4.28. The summed E-state index contributed by atoms with van der Waals surface area (Å²) in [7, 11) is 0. The third kappa shape index (κ3) is 3.61. The van der Waals surface area contributed by atoms with Crippen molar-refractivity contribution in [3.05, 3.63) is 80.7 Å². The molecular formula is C18H14Cl2N2O2. The second-order valence-electron chi connectivity index (χ2n) is 5.35. The number of aromatic nitrogens is 1. The van der Waals surface area contributed by atoms with Gasteiger partial charge in [0.05, 0.1) is 0 Å². The summed E-state index contributed by atoms with van der Waals surface area (Å²) in [6.45, 7) is 0.228. The van der Waals surface area contributed by atoms with Gasteiger partial charge in [-0.3, -0.25) is 9.59 Å². The van der Waals surface area contributed by atoms with Gasteiger partial charge in [0.2, 0.25) is 5.91 Å². The van der Waals surface area contributed by atoms with Crippen LogP contribution in [0.3, 0.4) is 0 Å². The van der Waals surface area contributed by atoms with Gasteiger partial charge in [-0.25, -0.2) is 0 Å². The molecule has 1 amide bonds. The van der Waals surface area contributed by atoms with Crippen molar-refractivity contribution < 1.29 is 4.79 Å². The standard InChI is InChI=1S/C18H14Cl2N2O2/c19-14-6-5-13(16(20)9-14)10-21-17(23)11-22-8-7-12-3-1-2-4-15(12)18(22)24/h1-9H,10-11H2,(H,21,23). The van der Waals surface area contributed by atoms with Crippen molar-refractivity contribution in [2.75, 3.05) is 0 Å². The number of carbonyl (C=O) groups excluding carboxylic acids is 1. The highest BCUT2D eigenvalue weighted by Gasteiger charge is 2.08. The van der Waals surface area contributed by atoms with Crippen LogP contribution in [0.4, 0.5) is 0 Å². The van der Waals surface area contributed by atoms with Gasteiger partial charge >= 0.3 is 0 Å². The number of benzene rings is 2. The summed E-state index contributed by atoms with van der Waals surface area (Å²) in [6.07, 6.45) is 1.62. The maximum absolute atomic E-state index is 12.4. The number of pyridine rings is 1. The molecular weight excluding hydrogens is 347 g/mol. The van der Waals surface area contributed by atoms with Crippen molar-refractivity contribution in [3.8, 4) is 0 Å². The number of nitrogens with zero attached hydrogens (tertiary/aromatic N) is 1. The van der Waals surface area contributed by atoms with E-state index in [0.717, 1.165) is 10.9 Å². The average Bonchev–Trinajstić information content (AvgIpc) is 2.57. The summed E-state index contributed by atoms with van der Waals surface area (Å²) in [5, 5.41) is 5.23. The fourth-order valence-corrected chi connectivity index (χ4v) is 2.90. The monoisotopic (exact) mass is 360 g/mol. The van der Waals surface area contributed by atoms with E-state index >= 15 is 0 Å². The number of fused-ring (bicyclic) bond motifs is 1. The molecule has 122 valence electrons. The van der Waals surface area contributed by atoms with Gasteiger partial charge in [-0.05, 0) is 35.2 Å². The van der Waals surface area contributed by atoms with Gasteiger partial charge in [-0.1, -0.05) is 47.5 Å². The van der Waals surface area contributed by atoms with Gasteiger partial charge in [0.1, 0.15) is 6.54 Å². The Labute approximate surface area is 148 Å². The second kappa shape index (κ2) is 7.07. The first-order valence-electron chi connectivity index (χ1n) is 7.33. The lowest BCUT2D eigenvalue weighted by atomic mass is 10.2. The summed E-state index contributed by atoms with van der Waals surface area (Å²) in [4.78, 5) is 24.5. The smallest absolute Gasteiger partial charge is 0.258 e. The summed E-state index contributed by atoms with van der Waals surface area (Å²) in [6, 6.07) is 14.2. The number of rotatable bonds is 4. The van der Waals surface area contributed by atoms with Gasteiger partial charge in [-0.2, -0.15) is 0 Å². The Morgan fingerprint density at radius 3 is 2.67 bits per heavy atom. The molecule has 3 rings (SSSR count). The SMILES string of the molecule is O=C(Cn1ccc2ccccc2c1=O)NCc1ccc(Cl)cc1Cl. The Bertz CT molecular complexity index is 967. The zero-order valence-corrected chi connectivity index (χ0v) is 14.1. The Balaban J connectivity index is 1.71. The van der Waals surface area contributed by atoms with Crippen LogP contribution in [0.5, 0.6) is 0 Å². The Morgan fingerprint density at radius 2 is 1.88 bits per heavy atom. The van der Waals surface area contributed by atoms with E-state index in [1.165, 1.54) is 4.57 Å². The van der Waals surface area contributed by atoms with E-state index in [2.05, 4.69) is 5.32 Å². The number of hydrogen-bond acceptors (Lipinski definition) is 2. The van der Waals surface area contributed by atoms with Crippen LogP contribution in [-0.4, -0.2) is 10.5 Å². The highest BCUT2D eigenvalue weighted by atomic mass is 35.5. The van der Waals surface area contributed by atoms with E-state index in [4.69, 9.17) is 23.2 Å². The van der Waals surface area contributed by atoms with E-state index in [1.54, 1.807) is 36.5 Å². The molecule has 0 aliphatic carbocycles.